The number of benzene rings is 1. The maximum atomic E-state index is 5.98. The summed E-state index contributed by atoms with van der Waals surface area (Å²) in [6.07, 6.45) is 0. The van der Waals surface area contributed by atoms with Gasteiger partial charge < -0.3 is 4.90 Å². The first-order valence-electron chi connectivity index (χ1n) is 4.12. The third-order valence-corrected chi connectivity index (χ3v) is 2.78. The van der Waals surface area contributed by atoms with Gasteiger partial charge in [-0.05, 0) is 17.7 Å². The van der Waals surface area contributed by atoms with Crippen LogP contribution < -0.4 is 4.90 Å². The molecule has 0 aliphatic heterocycles. The fourth-order valence-electron chi connectivity index (χ4n) is 1.07. The molecule has 0 radical (unpaired) electrons. The molecular weight excluding hydrogens is 205 g/mol. The van der Waals surface area contributed by atoms with Crippen molar-refractivity contribution < 1.29 is 0 Å². The minimum atomic E-state index is -0.0853. The van der Waals surface area contributed by atoms with Gasteiger partial charge >= 0.3 is 0 Å². The Balaban J connectivity index is 2.81. The quantitative estimate of drug-likeness (QED) is 0.703. The predicted octanol–water partition coefficient (Wildman–Crippen LogP) is 3.27. The first-order chi connectivity index (χ1) is 6.15. The first-order valence-corrected chi connectivity index (χ1v) is 5.09. The normalized spacial score (nSPS) is 12.6. The van der Waals surface area contributed by atoms with Crippen molar-refractivity contribution in [2.75, 3.05) is 24.9 Å². The Labute approximate surface area is 89.3 Å². The van der Waals surface area contributed by atoms with E-state index < -0.39 is 0 Å². The molecule has 1 rings (SSSR count). The molecule has 1 aromatic rings. The average molecular weight is 218 g/mol. The van der Waals surface area contributed by atoms with E-state index in [1.165, 1.54) is 5.69 Å². The standard InChI is InChI=1S/C10H13Cl2N/c1-13(2)9-5-3-8(4-6-9)10(12)7-11/h3-6,10H,7H2,1-2H3. The monoisotopic (exact) mass is 217 g/mol. The van der Waals surface area contributed by atoms with Gasteiger partial charge in [-0.25, -0.2) is 0 Å². The molecule has 72 valence electrons. The molecule has 1 nitrogen and oxygen atoms in total. The second-order valence-electron chi connectivity index (χ2n) is 3.11. The van der Waals surface area contributed by atoms with Crippen LogP contribution in [-0.4, -0.2) is 20.0 Å². The molecule has 0 bridgehead atoms. The minimum Gasteiger partial charge on any atom is -0.378 e. The second kappa shape index (κ2) is 4.73. The molecule has 0 amide bonds. The number of anilines is 1. The summed E-state index contributed by atoms with van der Waals surface area (Å²) < 4.78 is 0. The number of hydrogen-bond acceptors (Lipinski definition) is 1. The topological polar surface area (TPSA) is 3.24 Å². The first kappa shape index (κ1) is 10.7. The Morgan fingerprint density at radius 1 is 1.23 bits per heavy atom. The van der Waals surface area contributed by atoms with E-state index in [-0.39, 0.29) is 5.38 Å². The Kier molecular flexibility index (Phi) is 3.89. The van der Waals surface area contributed by atoms with Crippen molar-refractivity contribution >= 4 is 28.9 Å². The summed E-state index contributed by atoms with van der Waals surface area (Å²) in [5.74, 6) is 0.447. The molecule has 0 heterocycles. The van der Waals surface area contributed by atoms with Gasteiger partial charge in [0.25, 0.3) is 0 Å². The lowest BCUT2D eigenvalue weighted by Gasteiger charge is -2.13. The number of nitrogens with zero attached hydrogens (tertiary/aromatic N) is 1. The van der Waals surface area contributed by atoms with Crippen LogP contribution in [0, 0.1) is 0 Å². The molecule has 0 N–H and O–H groups in total. The molecule has 0 fully saturated rings. The molecule has 1 unspecified atom stereocenters. The molecule has 0 saturated carbocycles. The Hall–Kier alpha value is -0.400. The van der Waals surface area contributed by atoms with Crippen LogP contribution >= 0.6 is 23.2 Å². The van der Waals surface area contributed by atoms with Gasteiger partial charge in [-0.3, -0.25) is 0 Å². The van der Waals surface area contributed by atoms with Crippen LogP contribution in [0.3, 0.4) is 0 Å². The van der Waals surface area contributed by atoms with Gasteiger partial charge in [-0.1, -0.05) is 12.1 Å². The lowest BCUT2D eigenvalue weighted by molar-refractivity contribution is 1.08. The third kappa shape index (κ3) is 2.78. The van der Waals surface area contributed by atoms with E-state index in [0.717, 1.165) is 5.56 Å². The highest BCUT2D eigenvalue weighted by atomic mass is 35.5. The highest BCUT2D eigenvalue weighted by molar-refractivity contribution is 6.28. The van der Waals surface area contributed by atoms with Crippen LogP contribution in [-0.2, 0) is 0 Å². The van der Waals surface area contributed by atoms with Crippen LogP contribution in [0.15, 0.2) is 24.3 Å². The molecule has 13 heavy (non-hydrogen) atoms. The van der Waals surface area contributed by atoms with E-state index in [2.05, 4.69) is 0 Å². The molecule has 0 saturated heterocycles. The molecule has 1 aromatic carbocycles. The maximum Gasteiger partial charge on any atom is 0.0720 e. The van der Waals surface area contributed by atoms with Gasteiger partial charge in [-0.2, -0.15) is 0 Å². The fraction of sp³-hybridized carbons (Fsp3) is 0.400. The molecule has 3 heteroatoms. The van der Waals surface area contributed by atoms with Crippen LogP contribution in [0.2, 0.25) is 0 Å². The van der Waals surface area contributed by atoms with Gasteiger partial charge in [0.05, 0.1) is 5.38 Å². The van der Waals surface area contributed by atoms with Gasteiger partial charge in [0.15, 0.2) is 0 Å². The molecule has 0 aliphatic carbocycles. The molecule has 0 aromatic heterocycles. The van der Waals surface area contributed by atoms with E-state index in [1.54, 1.807) is 0 Å². The maximum absolute atomic E-state index is 5.98. The minimum absolute atomic E-state index is 0.0853. The summed E-state index contributed by atoms with van der Waals surface area (Å²) >= 11 is 11.6. The lowest BCUT2D eigenvalue weighted by Crippen LogP contribution is -2.08. The van der Waals surface area contributed by atoms with E-state index in [1.807, 2.05) is 43.3 Å². The van der Waals surface area contributed by atoms with Gasteiger partial charge in [0.1, 0.15) is 0 Å². The predicted molar refractivity (Wildman–Crippen MR) is 60.1 cm³/mol. The van der Waals surface area contributed by atoms with E-state index in [0.29, 0.717) is 5.88 Å². The zero-order valence-electron chi connectivity index (χ0n) is 7.80. The number of rotatable bonds is 3. The van der Waals surface area contributed by atoms with Crippen molar-refractivity contribution in [2.24, 2.45) is 0 Å². The SMILES string of the molecule is CN(C)c1ccc(C(Cl)CCl)cc1. The largest absolute Gasteiger partial charge is 0.378 e. The number of halogens is 2. The van der Waals surface area contributed by atoms with Crippen LogP contribution in [0.4, 0.5) is 5.69 Å². The smallest absolute Gasteiger partial charge is 0.0720 e. The number of alkyl halides is 2. The Morgan fingerprint density at radius 2 is 1.77 bits per heavy atom. The van der Waals surface area contributed by atoms with Crippen molar-refractivity contribution in [2.45, 2.75) is 5.38 Å². The summed E-state index contributed by atoms with van der Waals surface area (Å²) in [5, 5.41) is -0.0853. The Morgan fingerprint density at radius 3 is 2.15 bits per heavy atom. The highest BCUT2D eigenvalue weighted by Crippen LogP contribution is 2.23. The summed E-state index contributed by atoms with van der Waals surface area (Å²) in [5.41, 5.74) is 2.24. The summed E-state index contributed by atoms with van der Waals surface area (Å²) in [6.45, 7) is 0. The van der Waals surface area contributed by atoms with Crippen LogP contribution in [0.25, 0.3) is 0 Å². The third-order valence-electron chi connectivity index (χ3n) is 1.91. The van der Waals surface area contributed by atoms with E-state index >= 15 is 0 Å². The van der Waals surface area contributed by atoms with Gasteiger partial charge in [0.2, 0.25) is 0 Å². The van der Waals surface area contributed by atoms with Gasteiger partial charge in [0, 0.05) is 25.7 Å². The summed E-state index contributed by atoms with van der Waals surface area (Å²) in [6, 6.07) is 8.10. The van der Waals surface area contributed by atoms with Crippen molar-refractivity contribution in [3.63, 3.8) is 0 Å². The second-order valence-corrected chi connectivity index (χ2v) is 3.94. The van der Waals surface area contributed by atoms with Gasteiger partial charge in [-0.15, -0.1) is 23.2 Å². The van der Waals surface area contributed by atoms with Crippen LogP contribution in [0.5, 0.6) is 0 Å². The fourth-order valence-corrected chi connectivity index (χ4v) is 1.39. The number of hydrogen-bond donors (Lipinski definition) is 0. The summed E-state index contributed by atoms with van der Waals surface area (Å²) in [4.78, 5) is 2.05. The van der Waals surface area contributed by atoms with Crippen molar-refractivity contribution in [3.8, 4) is 0 Å². The average Bonchev–Trinajstić information content (AvgIpc) is 2.17. The molecule has 0 spiro atoms. The van der Waals surface area contributed by atoms with Crippen molar-refractivity contribution in [1.29, 1.82) is 0 Å². The van der Waals surface area contributed by atoms with E-state index in [9.17, 15) is 0 Å². The molecule has 0 aliphatic rings. The van der Waals surface area contributed by atoms with E-state index in [4.69, 9.17) is 23.2 Å². The zero-order chi connectivity index (χ0) is 9.84. The molecule has 1 atom stereocenters. The van der Waals surface area contributed by atoms with Crippen LogP contribution in [0.1, 0.15) is 10.9 Å². The highest BCUT2D eigenvalue weighted by Gasteiger charge is 2.05. The summed E-state index contributed by atoms with van der Waals surface area (Å²) in [7, 11) is 4.02. The zero-order valence-corrected chi connectivity index (χ0v) is 9.31. The Bertz CT molecular complexity index is 256. The van der Waals surface area contributed by atoms with Crippen molar-refractivity contribution in [3.05, 3.63) is 29.8 Å². The molecular formula is C10H13Cl2N. The van der Waals surface area contributed by atoms with Crippen molar-refractivity contribution in [1.82, 2.24) is 0 Å². The lowest BCUT2D eigenvalue weighted by atomic mass is 10.1.